The molecule has 4 nitrogen and oxygen atoms in total. The first kappa shape index (κ1) is 20.1. The molecule has 1 heterocycles. The van der Waals surface area contributed by atoms with E-state index in [1.54, 1.807) is 0 Å². The molecule has 1 fully saturated rings. The molecule has 0 aliphatic carbocycles. The molecule has 1 saturated heterocycles. The molecule has 4 heteroatoms. The first-order valence-electron chi connectivity index (χ1n) is 9.52. The van der Waals surface area contributed by atoms with Gasteiger partial charge in [0.15, 0.2) is 5.78 Å². The van der Waals surface area contributed by atoms with E-state index in [0.717, 1.165) is 12.8 Å². The highest BCUT2D eigenvalue weighted by molar-refractivity contribution is 5.87. The van der Waals surface area contributed by atoms with Gasteiger partial charge in [0.2, 0.25) is 0 Å². The number of ether oxygens (including phenoxy) is 1. The Labute approximate surface area is 141 Å². The summed E-state index contributed by atoms with van der Waals surface area (Å²) >= 11 is 0. The molecule has 0 aromatic carbocycles. The number of hydrogen-bond donors (Lipinski definition) is 1. The topological polar surface area (TPSA) is 66.9 Å². The minimum absolute atomic E-state index is 0.00593. The van der Waals surface area contributed by atoms with Gasteiger partial charge in [0.05, 0.1) is 6.61 Å². The Morgan fingerprint density at radius 3 is 2.00 bits per heavy atom. The zero-order valence-corrected chi connectivity index (χ0v) is 14.7. The van der Waals surface area contributed by atoms with E-state index in [0.29, 0.717) is 19.4 Å². The van der Waals surface area contributed by atoms with Gasteiger partial charge in [0, 0.05) is 12.3 Å². The van der Waals surface area contributed by atoms with Crippen molar-refractivity contribution >= 4 is 11.8 Å². The van der Waals surface area contributed by atoms with E-state index in [-0.39, 0.29) is 24.2 Å². The van der Waals surface area contributed by atoms with E-state index < -0.39 is 5.97 Å². The molecular formula is C19H34O4. The maximum atomic E-state index is 12.2. The van der Waals surface area contributed by atoms with Crippen molar-refractivity contribution in [2.24, 2.45) is 5.92 Å². The number of Topliss-reactive ketones (excluding diaryl/α,β-unsaturated/α-hetero) is 1. The molecule has 0 amide bonds. The van der Waals surface area contributed by atoms with Crippen molar-refractivity contribution in [1.82, 2.24) is 0 Å². The Kier molecular flexibility index (Phi) is 11.0. The van der Waals surface area contributed by atoms with E-state index in [1.165, 1.54) is 51.4 Å². The third-order valence-electron chi connectivity index (χ3n) is 4.65. The number of aliphatic carboxylic acids is 1. The summed E-state index contributed by atoms with van der Waals surface area (Å²) < 4.78 is 5.10. The minimum Gasteiger partial charge on any atom is -0.481 e. The van der Waals surface area contributed by atoms with E-state index in [1.807, 2.05) is 0 Å². The quantitative estimate of drug-likeness (QED) is 0.328. The first-order chi connectivity index (χ1) is 11.1. The highest BCUT2D eigenvalue weighted by Gasteiger charge is 2.35. The van der Waals surface area contributed by atoms with Crippen LogP contribution in [-0.2, 0) is 14.3 Å². The average Bonchev–Trinajstić information content (AvgIpc) is 3.35. The number of carbonyl (C=O) groups is 2. The highest BCUT2D eigenvalue weighted by Crippen LogP contribution is 2.25. The van der Waals surface area contributed by atoms with Crippen molar-refractivity contribution in [1.29, 1.82) is 0 Å². The Morgan fingerprint density at radius 2 is 1.48 bits per heavy atom. The van der Waals surface area contributed by atoms with Gasteiger partial charge in [-0.25, -0.2) is 0 Å². The summed E-state index contributed by atoms with van der Waals surface area (Å²) in [4.78, 5) is 22.8. The van der Waals surface area contributed by atoms with Crippen LogP contribution >= 0.6 is 0 Å². The van der Waals surface area contributed by atoms with E-state index >= 15 is 0 Å². The van der Waals surface area contributed by atoms with Crippen LogP contribution in [0.15, 0.2) is 0 Å². The van der Waals surface area contributed by atoms with Crippen LogP contribution in [0.1, 0.15) is 90.4 Å². The van der Waals surface area contributed by atoms with Gasteiger partial charge in [0.1, 0.15) is 6.10 Å². The van der Waals surface area contributed by atoms with Crippen molar-refractivity contribution < 1.29 is 19.4 Å². The molecule has 1 N–H and O–H groups in total. The summed E-state index contributed by atoms with van der Waals surface area (Å²) in [5.41, 5.74) is 0. The molecule has 23 heavy (non-hydrogen) atoms. The fraction of sp³-hybridized carbons (Fsp3) is 0.895. The Morgan fingerprint density at radius 1 is 0.957 bits per heavy atom. The van der Waals surface area contributed by atoms with Gasteiger partial charge < -0.3 is 9.84 Å². The van der Waals surface area contributed by atoms with Gasteiger partial charge in [-0.05, 0) is 19.3 Å². The fourth-order valence-electron chi connectivity index (χ4n) is 3.11. The van der Waals surface area contributed by atoms with Crippen LogP contribution in [0.3, 0.4) is 0 Å². The van der Waals surface area contributed by atoms with Crippen molar-refractivity contribution in [3.8, 4) is 0 Å². The van der Waals surface area contributed by atoms with Crippen LogP contribution in [0.5, 0.6) is 0 Å². The molecule has 2 atom stereocenters. The van der Waals surface area contributed by atoms with Crippen LogP contribution < -0.4 is 0 Å². The molecule has 0 radical (unpaired) electrons. The summed E-state index contributed by atoms with van der Waals surface area (Å²) in [5.74, 6) is -0.566. The smallest absolute Gasteiger partial charge is 0.303 e. The monoisotopic (exact) mass is 326 g/mol. The van der Waals surface area contributed by atoms with Gasteiger partial charge in [-0.2, -0.15) is 0 Å². The molecule has 134 valence electrons. The largest absolute Gasteiger partial charge is 0.481 e. The Hall–Kier alpha value is -0.900. The summed E-state index contributed by atoms with van der Waals surface area (Å²) in [5, 5.41) is 8.73. The number of carbonyl (C=O) groups excluding carboxylic acids is 1. The third kappa shape index (κ3) is 10.5. The van der Waals surface area contributed by atoms with Crippen molar-refractivity contribution in [2.45, 2.75) is 96.5 Å². The third-order valence-corrected chi connectivity index (χ3v) is 4.65. The molecular weight excluding hydrogens is 292 g/mol. The normalized spacial score (nSPS) is 17.9. The highest BCUT2D eigenvalue weighted by atomic mass is 16.6. The molecule has 0 spiro atoms. The lowest BCUT2D eigenvalue weighted by atomic mass is 9.90. The molecule has 0 aromatic rings. The van der Waals surface area contributed by atoms with Crippen LogP contribution in [0.25, 0.3) is 0 Å². The number of carboxylic acid groups (broad SMARTS) is 1. The Bertz CT molecular complexity index is 336. The lowest BCUT2D eigenvalue weighted by Crippen LogP contribution is -2.20. The summed E-state index contributed by atoms with van der Waals surface area (Å²) in [6.07, 6.45) is 13.6. The second kappa shape index (κ2) is 12.5. The van der Waals surface area contributed by atoms with Gasteiger partial charge in [-0.15, -0.1) is 0 Å². The molecule has 1 rings (SSSR count). The van der Waals surface area contributed by atoms with E-state index in [9.17, 15) is 9.59 Å². The minimum atomic E-state index is -0.776. The van der Waals surface area contributed by atoms with Crippen LogP contribution in [0, 0.1) is 5.92 Å². The van der Waals surface area contributed by atoms with Crippen LogP contribution in [0.4, 0.5) is 0 Å². The number of unbranched alkanes of at least 4 members (excludes halogenated alkanes) is 8. The standard InChI is InChI=1S/C19H34O4/c1-2-3-4-5-6-7-8-9-10-12-16(13-11-14-18(20)21)19(22)17-15-23-17/h16-17H,2-15H2,1H3,(H,20,21). The molecule has 0 saturated carbocycles. The van der Waals surface area contributed by atoms with E-state index in [4.69, 9.17) is 9.84 Å². The maximum Gasteiger partial charge on any atom is 0.303 e. The molecule has 1 aliphatic rings. The SMILES string of the molecule is CCCCCCCCCCCC(CCCC(=O)O)C(=O)C1CO1. The Balaban J connectivity index is 2.08. The lowest BCUT2D eigenvalue weighted by molar-refractivity contribution is -0.137. The fourth-order valence-corrected chi connectivity index (χ4v) is 3.11. The van der Waals surface area contributed by atoms with Crippen LogP contribution in [-0.4, -0.2) is 29.6 Å². The second-order valence-electron chi connectivity index (χ2n) is 6.82. The van der Waals surface area contributed by atoms with Crippen LogP contribution in [0.2, 0.25) is 0 Å². The maximum absolute atomic E-state index is 12.2. The lowest BCUT2D eigenvalue weighted by Gasteiger charge is -2.14. The molecule has 1 aliphatic heterocycles. The molecule has 0 bridgehead atoms. The van der Waals surface area contributed by atoms with Gasteiger partial charge in [-0.1, -0.05) is 64.7 Å². The summed E-state index contributed by atoms with van der Waals surface area (Å²) in [7, 11) is 0. The van der Waals surface area contributed by atoms with Crippen molar-refractivity contribution in [3.63, 3.8) is 0 Å². The van der Waals surface area contributed by atoms with Gasteiger partial charge >= 0.3 is 5.97 Å². The molecule has 2 unspecified atom stereocenters. The van der Waals surface area contributed by atoms with Crippen molar-refractivity contribution in [3.05, 3.63) is 0 Å². The number of ketones is 1. The van der Waals surface area contributed by atoms with Crippen molar-refractivity contribution in [2.75, 3.05) is 6.61 Å². The second-order valence-corrected chi connectivity index (χ2v) is 6.82. The number of carboxylic acids is 1. The summed E-state index contributed by atoms with van der Waals surface area (Å²) in [6.45, 7) is 2.80. The van der Waals surface area contributed by atoms with Gasteiger partial charge in [0.25, 0.3) is 0 Å². The average molecular weight is 326 g/mol. The summed E-state index contributed by atoms with van der Waals surface area (Å²) in [6, 6.07) is 0. The molecule has 0 aromatic heterocycles. The number of epoxide rings is 1. The zero-order chi connectivity index (χ0) is 16.9. The van der Waals surface area contributed by atoms with Gasteiger partial charge in [-0.3, -0.25) is 9.59 Å². The van der Waals surface area contributed by atoms with E-state index in [2.05, 4.69) is 6.92 Å². The zero-order valence-electron chi connectivity index (χ0n) is 14.7. The predicted octanol–water partition coefficient (Wildman–Crippen LogP) is 4.75. The number of rotatable bonds is 16. The predicted molar refractivity (Wildman–Crippen MR) is 91.6 cm³/mol. The first-order valence-corrected chi connectivity index (χ1v) is 9.52. The number of hydrogen-bond acceptors (Lipinski definition) is 3.